The molecule has 158 valence electrons. The summed E-state index contributed by atoms with van der Waals surface area (Å²) >= 11 is 1.76. The van der Waals surface area contributed by atoms with E-state index in [2.05, 4.69) is 55.7 Å². The molecule has 8 heteroatoms. The number of nitrogens with zero attached hydrogens (tertiary/aromatic N) is 4. The van der Waals surface area contributed by atoms with Crippen LogP contribution in [0.4, 0.5) is 17.6 Å². The summed E-state index contributed by atoms with van der Waals surface area (Å²) in [4.78, 5) is 17.0. The average molecular weight is 425 g/mol. The number of aromatic nitrogens is 3. The third-order valence-corrected chi connectivity index (χ3v) is 6.02. The van der Waals surface area contributed by atoms with Gasteiger partial charge in [0, 0.05) is 30.3 Å². The van der Waals surface area contributed by atoms with E-state index in [1.54, 1.807) is 11.3 Å². The molecule has 2 aromatic heterocycles. The number of benzene rings is 1. The predicted octanol–water partition coefficient (Wildman–Crippen LogP) is 4.00. The fourth-order valence-electron chi connectivity index (χ4n) is 3.72. The number of thiophene rings is 1. The van der Waals surface area contributed by atoms with Gasteiger partial charge in [0.25, 0.3) is 0 Å². The number of nitrogens with one attached hydrogen (secondary N) is 1. The maximum absolute atomic E-state index is 6.02. The Balaban J connectivity index is 1.51. The SMILES string of the molecule is CCc1ccccc1Nc1nc(N)nc(CN(Cc2cccs2)C[C@@H]2CCCO2)n1. The molecule has 0 radical (unpaired) electrons. The number of para-hydroxylation sites is 1. The van der Waals surface area contributed by atoms with Gasteiger partial charge >= 0.3 is 0 Å². The Kier molecular flexibility index (Phi) is 6.88. The summed E-state index contributed by atoms with van der Waals surface area (Å²) in [5.41, 5.74) is 8.21. The summed E-state index contributed by atoms with van der Waals surface area (Å²) in [5, 5.41) is 5.42. The topological polar surface area (TPSA) is 89.2 Å². The molecule has 3 N–H and O–H groups in total. The van der Waals surface area contributed by atoms with Crippen molar-refractivity contribution in [2.24, 2.45) is 0 Å². The van der Waals surface area contributed by atoms with Crippen molar-refractivity contribution < 1.29 is 4.74 Å². The van der Waals surface area contributed by atoms with Crippen LogP contribution in [0.1, 0.15) is 36.0 Å². The summed E-state index contributed by atoms with van der Waals surface area (Å²) < 4.78 is 5.86. The quantitative estimate of drug-likeness (QED) is 0.536. The van der Waals surface area contributed by atoms with Crippen LogP contribution in [-0.2, 0) is 24.2 Å². The van der Waals surface area contributed by atoms with E-state index in [9.17, 15) is 0 Å². The molecule has 0 amide bonds. The van der Waals surface area contributed by atoms with Gasteiger partial charge in [0.15, 0.2) is 0 Å². The fourth-order valence-corrected chi connectivity index (χ4v) is 4.47. The van der Waals surface area contributed by atoms with Crippen LogP contribution in [0.15, 0.2) is 41.8 Å². The Bertz CT molecular complexity index is 943. The van der Waals surface area contributed by atoms with Gasteiger partial charge in [-0.25, -0.2) is 0 Å². The number of rotatable bonds is 9. The van der Waals surface area contributed by atoms with Gasteiger partial charge in [-0.3, -0.25) is 4.90 Å². The minimum Gasteiger partial charge on any atom is -0.377 e. The molecule has 3 aromatic rings. The van der Waals surface area contributed by atoms with Crippen LogP contribution < -0.4 is 11.1 Å². The lowest BCUT2D eigenvalue weighted by Crippen LogP contribution is -2.32. The second-order valence-electron chi connectivity index (χ2n) is 7.45. The summed E-state index contributed by atoms with van der Waals surface area (Å²) in [6.45, 7) is 5.26. The van der Waals surface area contributed by atoms with E-state index in [4.69, 9.17) is 10.5 Å². The molecule has 1 fully saturated rings. The van der Waals surface area contributed by atoms with Gasteiger partial charge in [-0.05, 0) is 42.3 Å². The van der Waals surface area contributed by atoms with Crippen molar-refractivity contribution in [3.8, 4) is 0 Å². The van der Waals surface area contributed by atoms with Gasteiger partial charge in [0.05, 0.1) is 12.6 Å². The molecule has 1 saturated heterocycles. The standard InChI is InChI=1S/C22H28N6OS/c1-2-16-7-3-4-10-19(16)24-22-26-20(25-21(23)27-22)15-28(13-17-8-5-11-29-17)14-18-9-6-12-30-18/h3-4,6-7,9-10,12,17H,2,5,8,11,13-15H2,1H3,(H3,23,24,25,26,27)/t17-/m0/s1. The first-order valence-electron chi connectivity index (χ1n) is 10.4. The van der Waals surface area contributed by atoms with Gasteiger partial charge in [-0.2, -0.15) is 15.0 Å². The maximum atomic E-state index is 6.02. The van der Waals surface area contributed by atoms with Crippen LogP contribution in [0.5, 0.6) is 0 Å². The summed E-state index contributed by atoms with van der Waals surface area (Å²) in [6.07, 6.45) is 3.41. The molecule has 1 aliphatic heterocycles. The fraction of sp³-hybridized carbons (Fsp3) is 0.409. The number of hydrogen-bond acceptors (Lipinski definition) is 8. The van der Waals surface area contributed by atoms with Crippen molar-refractivity contribution in [1.29, 1.82) is 0 Å². The Morgan fingerprint density at radius 1 is 1.17 bits per heavy atom. The third kappa shape index (κ3) is 5.53. The molecule has 0 aliphatic carbocycles. The molecule has 0 bridgehead atoms. The zero-order valence-corrected chi connectivity index (χ0v) is 18.1. The average Bonchev–Trinajstić information content (AvgIpc) is 3.42. The first kappa shape index (κ1) is 20.7. The molecule has 4 rings (SSSR count). The minimum atomic E-state index is 0.227. The Morgan fingerprint density at radius 3 is 2.83 bits per heavy atom. The van der Waals surface area contributed by atoms with Crippen LogP contribution in [0.2, 0.25) is 0 Å². The van der Waals surface area contributed by atoms with Gasteiger partial charge in [0.2, 0.25) is 11.9 Å². The Hall–Kier alpha value is -2.55. The summed E-state index contributed by atoms with van der Waals surface area (Å²) in [6, 6.07) is 12.4. The lowest BCUT2D eigenvalue weighted by Gasteiger charge is -2.24. The number of ether oxygens (including phenoxy) is 1. The normalized spacial score (nSPS) is 16.3. The molecule has 1 aromatic carbocycles. The molecule has 0 saturated carbocycles. The monoisotopic (exact) mass is 424 g/mol. The van der Waals surface area contributed by atoms with Crippen LogP contribution in [0.25, 0.3) is 0 Å². The van der Waals surface area contributed by atoms with Crippen LogP contribution in [0, 0.1) is 0 Å². The van der Waals surface area contributed by atoms with Crippen molar-refractivity contribution in [1.82, 2.24) is 19.9 Å². The van der Waals surface area contributed by atoms with Gasteiger partial charge < -0.3 is 15.8 Å². The molecule has 30 heavy (non-hydrogen) atoms. The third-order valence-electron chi connectivity index (χ3n) is 5.15. The van der Waals surface area contributed by atoms with Crippen LogP contribution >= 0.6 is 11.3 Å². The van der Waals surface area contributed by atoms with E-state index in [1.807, 2.05) is 18.2 Å². The maximum Gasteiger partial charge on any atom is 0.232 e. The summed E-state index contributed by atoms with van der Waals surface area (Å²) in [7, 11) is 0. The highest BCUT2D eigenvalue weighted by Crippen LogP contribution is 2.21. The second kappa shape index (κ2) is 9.97. The highest BCUT2D eigenvalue weighted by atomic mass is 32.1. The largest absolute Gasteiger partial charge is 0.377 e. The first-order chi connectivity index (χ1) is 14.7. The van der Waals surface area contributed by atoms with Crippen molar-refractivity contribution in [3.63, 3.8) is 0 Å². The van der Waals surface area contributed by atoms with Gasteiger partial charge in [0.1, 0.15) is 5.82 Å². The number of anilines is 3. The van der Waals surface area contributed by atoms with E-state index in [1.165, 1.54) is 10.4 Å². The zero-order valence-electron chi connectivity index (χ0n) is 17.3. The van der Waals surface area contributed by atoms with E-state index < -0.39 is 0 Å². The van der Waals surface area contributed by atoms with Crippen molar-refractivity contribution >= 4 is 28.9 Å². The van der Waals surface area contributed by atoms with Crippen LogP contribution in [0.3, 0.4) is 0 Å². The molecule has 7 nitrogen and oxygen atoms in total. The van der Waals surface area contributed by atoms with Crippen molar-refractivity contribution in [3.05, 3.63) is 58.0 Å². The van der Waals surface area contributed by atoms with Gasteiger partial charge in [-0.15, -0.1) is 11.3 Å². The Labute approximate surface area is 181 Å². The number of nitrogens with two attached hydrogens (primary N) is 1. The molecular formula is C22H28N6OS. The number of hydrogen-bond donors (Lipinski definition) is 2. The molecule has 0 spiro atoms. The van der Waals surface area contributed by atoms with E-state index in [-0.39, 0.29) is 12.1 Å². The molecule has 3 heterocycles. The van der Waals surface area contributed by atoms with Crippen molar-refractivity contribution in [2.75, 3.05) is 24.2 Å². The Morgan fingerprint density at radius 2 is 2.07 bits per heavy atom. The lowest BCUT2D eigenvalue weighted by atomic mass is 10.1. The molecular weight excluding hydrogens is 396 g/mol. The number of aryl methyl sites for hydroxylation is 1. The summed E-state index contributed by atoms with van der Waals surface area (Å²) in [5.74, 6) is 1.37. The highest BCUT2D eigenvalue weighted by Gasteiger charge is 2.21. The highest BCUT2D eigenvalue weighted by molar-refractivity contribution is 7.09. The van der Waals surface area contributed by atoms with Crippen LogP contribution in [-0.4, -0.2) is 39.1 Å². The molecule has 1 atom stereocenters. The minimum absolute atomic E-state index is 0.227. The van der Waals surface area contributed by atoms with Crippen molar-refractivity contribution in [2.45, 2.75) is 45.4 Å². The lowest BCUT2D eigenvalue weighted by molar-refractivity contribution is 0.0674. The van der Waals surface area contributed by atoms with E-state index in [0.29, 0.717) is 18.3 Å². The first-order valence-corrected chi connectivity index (χ1v) is 11.3. The molecule has 1 aliphatic rings. The predicted molar refractivity (Wildman–Crippen MR) is 121 cm³/mol. The number of nitrogen functional groups attached to an aromatic ring is 1. The zero-order chi connectivity index (χ0) is 20.8. The van der Waals surface area contributed by atoms with Gasteiger partial charge in [-0.1, -0.05) is 31.2 Å². The second-order valence-corrected chi connectivity index (χ2v) is 8.49. The van der Waals surface area contributed by atoms with E-state index in [0.717, 1.165) is 44.6 Å². The molecule has 0 unspecified atom stereocenters. The smallest absolute Gasteiger partial charge is 0.232 e. The van der Waals surface area contributed by atoms with E-state index >= 15 is 0 Å².